The van der Waals surface area contributed by atoms with Crippen LogP contribution in [0.2, 0.25) is 0 Å². The molecule has 2 aromatic heterocycles. The predicted molar refractivity (Wildman–Crippen MR) is 110 cm³/mol. The van der Waals surface area contributed by atoms with Crippen molar-refractivity contribution in [2.24, 2.45) is 5.92 Å². The van der Waals surface area contributed by atoms with E-state index in [1.807, 2.05) is 42.6 Å². The lowest BCUT2D eigenvalue weighted by molar-refractivity contribution is 0.0922. The zero-order chi connectivity index (χ0) is 20.8. The van der Waals surface area contributed by atoms with Gasteiger partial charge in [-0.1, -0.05) is 19.9 Å². The van der Waals surface area contributed by atoms with Crippen LogP contribution in [0.15, 0.2) is 42.6 Å². The molecule has 0 saturated carbocycles. The van der Waals surface area contributed by atoms with Gasteiger partial charge in [-0.05, 0) is 48.2 Å². The van der Waals surface area contributed by atoms with Crippen LogP contribution >= 0.6 is 0 Å². The minimum absolute atomic E-state index is 0.0988. The molecule has 0 unspecified atom stereocenters. The Balaban J connectivity index is 1.61. The van der Waals surface area contributed by atoms with Gasteiger partial charge < -0.3 is 5.32 Å². The van der Waals surface area contributed by atoms with E-state index >= 15 is 0 Å². The molecule has 29 heavy (non-hydrogen) atoms. The molecule has 0 spiro atoms. The second-order valence-electron chi connectivity index (χ2n) is 7.61. The van der Waals surface area contributed by atoms with Crippen LogP contribution in [0, 0.1) is 5.92 Å². The number of anilines is 1. The highest BCUT2D eigenvalue weighted by atomic mass is 32.2. The summed E-state index contributed by atoms with van der Waals surface area (Å²) in [5.41, 5.74) is 2.73. The molecule has 3 aromatic rings. The van der Waals surface area contributed by atoms with Crippen LogP contribution in [0.5, 0.6) is 0 Å². The number of hydrogen-bond acceptors (Lipinski definition) is 5. The van der Waals surface area contributed by atoms with Gasteiger partial charge in [-0.25, -0.2) is 8.42 Å². The fourth-order valence-electron chi connectivity index (χ4n) is 3.68. The van der Waals surface area contributed by atoms with E-state index in [2.05, 4.69) is 15.5 Å². The maximum atomic E-state index is 13.0. The lowest BCUT2D eigenvalue weighted by Crippen LogP contribution is -2.33. The number of aromatic nitrogens is 3. The van der Waals surface area contributed by atoms with Gasteiger partial charge >= 0.3 is 0 Å². The third-order valence-electron chi connectivity index (χ3n) is 5.17. The van der Waals surface area contributed by atoms with Crippen LogP contribution in [0.1, 0.15) is 41.6 Å². The molecule has 8 nitrogen and oxygen atoms in total. The Morgan fingerprint density at radius 1 is 1.17 bits per heavy atom. The van der Waals surface area contributed by atoms with Gasteiger partial charge in [0.25, 0.3) is 5.91 Å². The number of nitrogens with zero attached hydrogens (tertiary/aromatic N) is 4. The minimum Gasteiger partial charge on any atom is -0.342 e. The highest BCUT2D eigenvalue weighted by molar-refractivity contribution is 7.92. The molecule has 4 rings (SSSR count). The second kappa shape index (κ2) is 7.14. The number of hydrogen-bond donors (Lipinski definition) is 1. The van der Waals surface area contributed by atoms with E-state index in [4.69, 9.17) is 0 Å². The fraction of sp³-hybridized carbons (Fsp3) is 0.350. The summed E-state index contributed by atoms with van der Waals surface area (Å²) in [6.45, 7) is 4.43. The molecule has 0 saturated heterocycles. The molecule has 0 radical (unpaired) electrons. The number of nitrogens with one attached hydrogen (secondary N) is 1. The number of carbonyl (C=O) groups is 1. The summed E-state index contributed by atoms with van der Waals surface area (Å²) in [6, 6.07) is 10.5. The first kappa shape index (κ1) is 19.4. The smallest absolute Gasteiger partial charge is 0.251 e. The van der Waals surface area contributed by atoms with Crippen molar-refractivity contribution in [1.29, 1.82) is 0 Å². The van der Waals surface area contributed by atoms with Crippen LogP contribution in [0.3, 0.4) is 0 Å². The van der Waals surface area contributed by atoms with E-state index in [0.29, 0.717) is 30.0 Å². The Hall–Kier alpha value is -2.94. The van der Waals surface area contributed by atoms with E-state index in [1.165, 1.54) is 10.6 Å². The summed E-state index contributed by atoms with van der Waals surface area (Å²) >= 11 is 0. The van der Waals surface area contributed by atoms with Crippen LogP contribution in [0.25, 0.3) is 5.65 Å². The summed E-state index contributed by atoms with van der Waals surface area (Å²) < 4.78 is 27.1. The summed E-state index contributed by atoms with van der Waals surface area (Å²) in [5, 5.41) is 11.5. The van der Waals surface area contributed by atoms with E-state index in [9.17, 15) is 13.2 Å². The first-order chi connectivity index (χ1) is 13.8. The van der Waals surface area contributed by atoms with Crippen molar-refractivity contribution in [3.05, 3.63) is 59.5 Å². The molecule has 1 aromatic carbocycles. The van der Waals surface area contributed by atoms with Gasteiger partial charge in [0.05, 0.1) is 18.0 Å². The fourth-order valence-corrected chi connectivity index (χ4v) is 4.64. The molecule has 9 heteroatoms. The normalized spacial score (nSPS) is 15.0. The topological polar surface area (TPSA) is 96.7 Å². The minimum atomic E-state index is -3.31. The Labute approximate surface area is 169 Å². The molecular formula is C20H23N5O3S. The second-order valence-corrected chi connectivity index (χ2v) is 9.52. The lowest BCUT2D eigenvalue weighted by atomic mass is 10.0. The van der Waals surface area contributed by atoms with E-state index in [1.54, 1.807) is 18.2 Å². The van der Waals surface area contributed by atoms with Crippen LogP contribution in [0.4, 0.5) is 5.69 Å². The Morgan fingerprint density at radius 2 is 1.97 bits per heavy atom. The van der Waals surface area contributed by atoms with Crippen molar-refractivity contribution < 1.29 is 13.2 Å². The number of benzene rings is 1. The molecule has 1 aliphatic rings. The van der Waals surface area contributed by atoms with Gasteiger partial charge in [0, 0.05) is 18.3 Å². The first-order valence-electron chi connectivity index (χ1n) is 9.47. The van der Waals surface area contributed by atoms with Crippen molar-refractivity contribution in [2.75, 3.05) is 17.1 Å². The average Bonchev–Trinajstić information content (AvgIpc) is 3.29. The molecule has 3 heterocycles. The van der Waals surface area contributed by atoms with Gasteiger partial charge in [-0.3, -0.25) is 13.5 Å². The number of carbonyl (C=O) groups excluding carboxylic acids is 1. The van der Waals surface area contributed by atoms with Gasteiger partial charge in [-0.2, -0.15) is 0 Å². The van der Waals surface area contributed by atoms with Crippen LogP contribution in [-0.4, -0.2) is 41.7 Å². The van der Waals surface area contributed by atoms with Crippen LogP contribution < -0.4 is 9.62 Å². The lowest BCUT2D eigenvalue weighted by Gasteiger charge is -2.21. The average molecular weight is 414 g/mol. The van der Waals surface area contributed by atoms with Crippen molar-refractivity contribution in [1.82, 2.24) is 19.9 Å². The first-order valence-corrected chi connectivity index (χ1v) is 11.3. The highest BCUT2D eigenvalue weighted by Crippen LogP contribution is 2.31. The SMILES string of the molecule is CC(C)[C@H](NC(=O)c1ccc2c(c1)CCN2S(C)(=O)=O)c1nnc2ccccn12. The zero-order valence-electron chi connectivity index (χ0n) is 16.5. The maximum absolute atomic E-state index is 13.0. The summed E-state index contributed by atoms with van der Waals surface area (Å²) in [7, 11) is -3.31. The third-order valence-corrected chi connectivity index (χ3v) is 6.35. The molecule has 0 bridgehead atoms. The number of pyridine rings is 1. The van der Waals surface area contributed by atoms with Gasteiger partial charge in [0.15, 0.2) is 11.5 Å². The zero-order valence-corrected chi connectivity index (χ0v) is 17.3. The Morgan fingerprint density at radius 3 is 2.69 bits per heavy atom. The largest absolute Gasteiger partial charge is 0.342 e. The quantitative estimate of drug-likeness (QED) is 0.692. The standard InChI is InChI=1S/C20H23N5O3S/c1-13(2)18(19-23-22-17-6-4-5-10-24(17)19)21-20(26)15-7-8-16-14(12-15)9-11-25(16)29(3,27)28/h4-8,10,12-13,18H,9,11H2,1-3H3,(H,21,26)/t18-/m0/s1. The molecule has 1 N–H and O–H groups in total. The van der Waals surface area contributed by atoms with E-state index in [-0.39, 0.29) is 17.9 Å². The number of fused-ring (bicyclic) bond motifs is 2. The van der Waals surface area contributed by atoms with Gasteiger partial charge in [0.2, 0.25) is 10.0 Å². The number of amides is 1. The predicted octanol–water partition coefficient (Wildman–Crippen LogP) is 2.18. The Kier molecular flexibility index (Phi) is 4.77. The molecule has 0 aliphatic carbocycles. The number of sulfonamides is 1. The molecule has 0 fully saturated rings. The molecule has 1 aliphatic heterocycles. The maximum Gasteiger partial charge on any atom is 0.251 e. The van der Waals surface area contributed by atoms with Crippen molar-refractivity contribution in [3.63, 3.8) is 0 Å². The summed E-state index contributed by atoms with van der Waals surface area (Å²) in [4.78, 5) is 13.0. The van der Waals surface area contributed by atoms with Crippen molar-refractivity contribution in [3.8, 4) is 0 Å². The summed E-state index contributed by atoms with van der Waals surface area (Å²) in [5.74, 6) is 0.548. The van der Waals surface area contributed by atoms with E-state index in [0.717, 1.165) is 11.2 Å². The molecule has 152 valence electrons. The van der Waals surface area contributed by atoms with Crippen molar-refractivity contribution in [2.45, 2.75) is 26.3 Å². The highest BCUT2D eigenvalue weighted by Gasteiger charge is 2.28. The number of rotatable bonds is 5. The molecule has 1 amide bonds. The van der Waals surface area contributed by atoms with E-state index < -0.39 is 10.0 Å². The molecule has 1 atom stereocenters. The summed E-state index contributed by atoms with van der Waals surface area (Å²) in [6.07, 6.45) is 3.66. The Bertz CT molecular complexity index is 1190. The van der Waals surface area contributed by atoms with Gasteiger partial charge in [0.1, 0.15) is 0 Å². The van der Waals surface area contributed by atoms with Crippen molar-refractivity contribution >= 4 is 27.3 Å². The monoisotopic (exact) mass is 413 g/mol. The molecular weight excluding hydrogens is 390 g/mol. The van der Waals surface area contributed by atoms with Crippen LogP contribution in [-0.2, 0) is 16.4 Å². The van der Waals surface area contributed by atoms with Gasteiger partial charge in [-0.15, -0.1) is 10.2 Å². The third kappa shape index (κ3) is 3.57.